The highest BCUT2D eigenvalue weighted by Gasteiger charge is 2.59. The Morgan fingerprint density at radius 1 is 1.02 bits per heavy atom. The number of rotatable bonds is 9. The predicted molar refractivity (Wildman–Crippen MR) is 174 cm³/mol. The number of amides is 1. The number of halogens is 2. The van der Waals surface area contributed by atoms with Crippen LogP contribution in [0.5, 0.6) is 5.88 Å². The van der Waals surface area contributed by atoms with Crippen molar-refractivity contribution in [2.45, 2.75) is 48.8 Å². The van der Waals surface area contributed by atoms with Gasteiger partial charge in [-0.3, -0.25) is 14.5 Å². The number of carbonyl (C=O) groups excluding carboxylic acids is 1. The summed E-state index contributed by atoms with van der Waals surface area (Å²) in [4.78, 5) is 26.1. The van der Waals surface area contributed by atoms with Crippen LogP contribution < -0.4 is 14.4 Å². The Kier molecular flexibility index (Phi) is 8.45. The van der Waals surface area contributed by atoms with Crippen LogP contribution in [0.15, 0.2) is 65.8 Å². The zero-order valence-electron chi connectivity index (χ0n) is 25.0. The van der Waals surface area contributed by atoms with E-state index in [2.05, 4.69) is 19.6 Å². The second-order valence-corrected chi connectivity index (χ2v) is 13.6. The van der Waals surface area contributed by atoms with Gasteiger partial charge < -0.3 is 14.5 Å². The van der Waals surface area contributed by atoms with Crippen molar-refractivity contribution in [1.82, 2.24) is 14.9 Å². The van der Waals surface area contributed by atoms with Gasteiger partial charge in [-0.1, -0.05) is 24.6 Å². The van der Waals surface area contributed by atoms with Crippen LogP contribution in [0.1, 0.15) is 44.1 Å². The Hall–Kier alpha value is -3.80. The molecule has 0 atom stereocenters. The normalized spacial score (nSPS) is 17.3. The van der Waals surface area contributed by atoms with Gasteiger partial charge in [0.2, 0.25) is 11.8 Å². The molecule has 1 saturated carbocycles. The van der Waals surface area contributed by atoms with E-state index >= 15 is 4.39 Å². The lowest BCUT2D eigenvalue weighted by molar-refractivity contribution is -0.119. The van der Waals surface area contributed by atoms with Gasteiger partial charge in [0, 0.05) is 47.9 Å². The van der Waals surface area contributed by atoms with E-state index < -0.39 is 21.3 Å². The first-order valence-electron chi connectivity index (χ1n) is 15.1. The van der Waals surface area contributed by atoms with Crippen LogP contribution in [-0.2, 0) is 20.2 Å². The van der Waals surface area contributed by atoms with Crippen molar-refractivity contribution in [1.29, 1.82) is 0 Å². The fourth-order valence-electron chi connectivity index (χ4n) is 6.54. The lowest BCUT2D eigenvalue weighted by Gasteiger charge is -2.26. The van der Waals surface area contributed by atoms with Gasteiger partial charge in [-0.05, 0) is 69.5 Å². The molecule has 45 heavy (non-hydrogen) atoms. The number of fused-ring (bicyclic) bond motifs is 4. The highest BCUT2D eigenvalue weighted by atomic mass is 35.5. The average Bonchev–Trinajstić information content (AvgIpc) is 3.81. The average molecular weight is 652 g/mol. The maximum atomic E-state index is 15.7. The predicted octanol–water partition coefficient (Wildman–Crippen LogP) is 5.92. The van der Waals surface area contributed by atoms with Crippen LogP contribution in [0.2, 0.25) is 0 Å². The number of aromatic nitrogens is 2. The van der Waals surface area contributed by atoms with E-state index in [1.54, 1.807) is 48.5 Å². The smallest absolute Gasteiger partial charge is 0.262 e. The Labute approximate surface area is 268 Å². The number of likely N-dealkylation sites (N-methyl/N-ethyl adjacent to an activating group) is 1. The van der Waals surface area contributed by atoms with E-state index in [4.69, 9.17) is 4.74 Å². The molecule has 1 amide bonds. The van der Waals surface area contributed by atoms with E-state index in [-0.39, 0.29) is 40.3 Å². The summed E-state index contributed by atoms with van der Waals surface area (Å²) in [5, 5.41) is 0.707. The number of hydrogen-bond acceptors (Lipinski definition) is 7. The molecule has 2 aromatic heterocycles. The monoisotopic (exact) mass is 651 g/mol. The fraction of sp³-hybridized carbons (Fsp3) is 0.364. The zero-order valence-corrected chi connectivity index (χ0v) is 26.6. The van der Waals surface area contributed by atoms with Crippen molar-refractivity contribution >= 4 is 50.6 Å². The van der Waals surface area contributed by atoms with Gasteiger partial charge in [-0.15, -0.1) is 12.4 Å². The minimum atomic E-state index is -3.98. The summed E-state index contributed by atoms with van der Waals surface area (Å²) in [7, 11) is -2.24. The second kappa shape index (κ2) is 12.2. The number of hydrogen-bond donors (Lipinski definition) is 1. The van der Waals surface area contributed by atoms with Gasteiger partial charge >= 0.3 is 0 Å². The van der Waals surface area contributed by atoms with Crippen LogP contribution in [-0.4, -0.2) is 62.5 Å². The number of nitrogens with zero attached hydrogens (tertiary/aromatic N) is 4. The van der Waals surface area contributed by atoms with E-state index in [9.17, 15) is 13.2 Å². The first-order chi connectivity index (χ1) is 21.3. The van der Waals surface area contributed by atoms with E-state index in [0.717, 1.165) is 50.1 Å². The molecular formula is C33H35ClFN5O4S. The summed E-state index contributed by atoms with van der Waals surface area (Å²) in [6, 6.07) is 12.7. The Morgan fingerprint density at radius 2 is 1.78 bits per heavy atom. The largest absolute Gasteiger partial charge is 0.476 e. The molecule has 3 aliphatic rings. The quantitative estimate of drug-likeness (QED) is 0.224. The van der Waals surface area contributed by atoms with Crippen LogP contribution in [0.25, 0.3) is 22.0 Å². The van der Waals surface area contributed by atoms with Gasteiger partial charge in [0.15, 0.2) is 0 Å². The van der Waals surface area contributed by atoms with Crippen molar-refractivity contribution in [3.05, 3.63) is 72.3 Å². The van der Waals surface area contributed by atoms with E-state index in [1.165, 1.54) is 43.7 Å². The van der Waals surface area contributed by atoms with Gasteiger partial charge in [-0.25, -0.2) is 17.8 Å². The molecule has 2 fully saturated rings. The number of piperidine rings is 1. The van der Waals surface area contributed by atoms with Crippen molar-refractivity contribution in [3.63, 3.8) is 0 Å². The number of ether oxygens (including phenoxy) is 1. The molecule has 1 saturated heterocycles. The molecule has 7 rings (SSSR count). The van der Waals surface area contributed by atoms with Gasteiger partial charge in [0.25, 0.3) is 10.0 Å². The van der Waals surface area contributed by atoms with Gasteiger partial charge in [-0.2, -0.15) is 0 Å². The molecule has 236 valence electrons. The first kappa shape index (κ1) is 31.2. The molecule has 4 aromatic rings. The summed E-state index contributed by atoms with van der Waals surface area (Å²) < 4.78 is 50.9. The number of sulfonamides is 1. The lowest BCUT2D eigenvalue weighted by atomic mass is 9.92. The molecule has 1 N–H and O–H groups in total. The molecular weight excluding hydrogens is 617 g/mol. The maximum absolute atomic E-state index is 15.7. The minimum Gasteiger partial charge on any atom is -0.476 e. The molecule has 1 spiro atoms. The highest BCUT2D eigenvalue weighted by Crippen LogP contribution is 2.59. The van der Waals surface area contributed by atoms with Crippen LogP contribution in [0.3, 0.4) is 0 Å². The number of pyridine rings is 2. The third-order valence-electron chi connectivity index (χ3n) is 9.01. The maximum Gasteiger partial charge on any atom is 0.262 e. The fourth-order valence-corrected chi connectivity index (χ4v) is 7.61. The summed E-state index contributed by atoms with van der Waals surface area (Å²) >= 11 is 0. The number of likely N-dealkylation sites (tertiary alicyclic amines) is 1. The summed E-state index contributed by atoms with van der Waals surface area (Å²) in [6.45, 7) is 3.41. The molecule has 0 unspecified atom stereocenters. The van der Waals surface area contributed by atoms with Gasteiger partial charge in [0.1, 0.15) is 11.5 Å². The summed E-state index contributed by atoms with van der Waals surface area (Å²) in [6.07, 6.45) is 9.04. The summed E-state index contributed by atoms with van der Waals surface area (Å²) in [5.74, 6) is -0.366. The minimum absolute atomic E-state index is 0. The molecule has 9 nitrogen and oxygen atoms in total. The molecule has 0 bridgehead atoms. The molecule has 2 aromatic carbocycles. The Balaban J connectivity index is 0.00000357. The van der Waals surface area contributed by atoms with Crippen LogP contribution >= 0.6 is 12.4 Å². The number of nitrogens with one attached hydrogen (secondary N) is 1. The Bertz CT molecular complexity index is 1860. The van der Waals surface area contributed by atoms with Crippen LogP contribution in [0.4, 0.5) is 15.8 Å². The number of carbonyl (C=O) groups is 1. The first-order valence-corrected chi connectivity index (χ1v) is 16.6. The standard InChI is InChI=1S/C33H34FN5O4S.ClH/c1-38-29-21-35-27-19-26(34)24(18-25(27)30(29)33(11-12-33)32(38)40)22-17-28(37-44(41,42)23-9-4-2-5-10-23)31(36-20-22)43-16-8-15-39-13-6-3-7-14-39;/h2,4-5,9-10,17-21,37H,3,6-8,11-16H2,1H3;1H. The van der Waals surface area contributed by atoms with Crippen molar-refractivity contribution < 1.29 is 22.3 Å². The molecule has 2 aliphatic heterocycles. The van der Waals surface area contributed by atoms with E-state index in [1.807, 2.05) is 0 Å². The van der Waals surface area contributed by atoms with E-state index in [0.29, 0.717) is 23.1 Å². The van der Waals surface area contributed by atoms with Gasteiger partial charge in [0.05, 0.1) is 34.3 Å². The number of anilines is 2. The molecule has 1 aliphatic carbocycles. The molecule has 4 heterocycles. The third kappa shape index (κ3) is 5.73. The topological polar surface area (TPSA) is 105 Å². The van der Waals surface area contributed by atoms with Crippen LogP contribution in [0, 0.1) is 5.82 Å². The Morgan fingerprint density at radius 3 is 2.51 bits per heavy atom. The third-order valence-corrected chi connectivity index (χ3v) is 10.4. The highest BCUT2D eigenvalue weighted by molar-refractivity contribution is 7.92. The molecule has 0 radical (unpaired) electrons. The van der Waals surface area contributed by atoms with Crippen molar-refractivity contribution in [2.75, 3.05) is 42.9 Å². The molecule has 12 heteroatoms. The lowest BCUT2D eigenvalue weighted by Crippen LogP contribution is -2.31. The zero-order chi connectivity index (χ0) is 30.5. The van der Waals surface area contributed by atoms with Crippen molar-refractivity contribution in [3.8, 4) is 17.0 Å². The SMILES string of the molecule is CN1C(=O)C2(CC2)c2c1cnc1cc(F)c(-c3cnc(OCCCN4CCCCC4)c(NS(=O)(=O)c4ccccc4)c3)cc21.Cl. The second-order valence-electron chi connectivity index (χ2n) is 11.9. The summed E-state index contributed by atoms with van der Waals surface area (Å²) in [5.41, 5.74) is 2.22. The number of benzene rings is 2. The van der Waals surface area contributed by atoms with Crippen molar-refractivity contribution in [2.24, 2.45) is 0 Å².